The first-order valence-electron chi connectivity index (χ1n) is 5.44. The van der Waals surface area contributed by atoms with E-state index in [4.69, 9.17) is 4.74 Å². The zero-order chi connectivity index (χ0) is 8.93. The Bertz CT molecular complexity index is 205. The Hall–Kier alpha value is -0.560. The molecule has 72 valence electrons. The molecule has 1 saturated heterocycles. The van der Waals surface area contributed by atoms with Gasteiger partial charge in [-0.3, -0.25) is 0 Å². The summed E-state index contributed by atoms with van der Waals surface area (Å²) in [4.78, 5) is 0. The van der Waals surface area contributed by atoms with E-state index in [2.05, 4.69) is 24.3 Å². The maximum Gasteiger partial charge on any atom is 0.0844 e. The van der Waals surface area contributed by atoms with Gasteiger partial charge in [0.25, 0.3) is 0 Å². The number of allylic oxidation sites excluding steroid dienone is 4. The van der Waals surface area contributed by atoms with Gasteiger partial charge < -0.3 is 4.74 Å². The summed E-state index contributed by atoms with van der Waals surface area (Å²) in [5.41, 5.74) is 0. The van der Waals surface area contributed by atoms with E-state index in [0.29, 0.717) is 12.2 Å². The zero-order valence-corrected chi connectivity index (χ0v) is 8.11. The molecule has 0 N–H and O–H groups in total. The third kappa shape index (κ3) is 3.00. The highest BCUT2D eigenvalue weighted by molar-refractivity contribution is 5.03. The highest BCUT2D eigenvalue weighted by Gasteiger charge is 2.36. The molecular weight excluding hydrogens is 160 g/mol. The standard InChI is InChI=1S/C12H18O/c1-2-4-6-8-10-12-11(13-12)9-7-5-3-1/h1-3,5,11-12H,4,6-10H2. The van der Waals surface area contributed by atoms with Crippen molar-refractivity contribution in [2.24, 2.45) is 0 Å². The first kappa shape index (κ1) is 9.01. The molecule has 1 heterocycles. The number of fused-ring (bicyclic) bond motifs is 1. The quantitative estimate of drug-likeness (QED) is 0.519. The van der Waals surface area contributed by atoms with Gasteiger partial charge in [0.2, 0.25) is 0 Å². The lowest BCUT2D eigenvalue weighted by Crippen LogP contribution is -1.93. The molecule has 1 nitrogen and oxygen atoms in total. The summed E-state index contributed by atoms with van der Waals surface area (Å²) in [6.07, 6.45) is 17.6. The Labute approximate surface area is 80.5 Å². The Morgan fingerprint density at radius 3 is 2.54 bits per heavy atom. The zero-order valence-electron chi connectivity index (χ0n) is 8.11. The van der Waals surface area contributed by atoms with Crippen LogP contribution in [0.1, 0.15) is 38.5 Å². The highest BCUT2D eigenvalue weighted by Crippen LogP contribution is 2.31. The van der Waals surface area contributed by atoms with Crippen LogP contribution < -0.4 is 0 Å². The Kier molecular flexibility index (Phi) is 3.20. The summed E-state index contributed by atoms with van der Waals surface area (Å²) in [6, 6.07) is 0. The molecule has 2 atom stereocenters. The largest absolute Gasteiger partial charge is 0.370 e. The Morgan fingerprint density at radius 1 is 0.846 bits per heavy atom. The van der Waals surface area contributed by atoms with Crippen molar-refractivity contribution in [3.05, 3.63) is 24.3 Å². The number of rotatable bonds is 0. The van der Waals surface area contributed by atoms with Gasteiger partial charge in [-0.2, -0.15) is 0 Å². The van der Waals surface area contributed by atoms with Crippen LogP contribution in [0, 0.1) is 0 Å². The van der Waals surface area contributed by atoms with Crippen molar-refractivity contribution in [2.75, 3.05) is 0 Å². The molecular formula is C12H18O. The highest BCUT2D eigenvalue weighted by atomic mass is 16.6. The van der Waals surface area contributed by atoms with E-state index in [-0.39, 0.29) is 0 Å². The molecule has 0 aromatic carbocycles. The van der Waals surface area contributed by atoms with E-state index in [1.54, 1.807) is 0 Å². The van der Waals surface area contributed by atoms with Gasteiger partial charge in [-0.25, -0.2) is 0 Å². The molecule has 0 bridgehead atoms. The second-order valence-electron chi connectivity index (χ2n) is 3.93. The normalized spacial score (nSPS) is 34.5. The minimum atomic E-state index is 0.591. The molecule has 0 saturated carbocycles. The lowest BCUT2D eigenvalue weighted by molar-refractivity contribution is 0.353. The minimum Gasteiger partial charge on any atom is -0.370 e. The van der Waals surface area contributed by atoms with Gasteiger partial charge in [-0.1, -0.05) is 30.7 Å². The predicted octanol–water partition coefficient (Wildman–Crippen LogP) is 3.22. The van der Waals surface area contributed by atoms with Gasteiger partial charge in [0, 0.05) is 0 Å². The summed E-state index contributed by atoms with van der Waals surface area (Å²) in [7, 11) is 0. The van der Waals surface area contributed by atoms with E-state index >= 15 is 0 Å². The molecule has 2 aliphatic rings. The summed E-state index contributed by atoms with van der Waals surface area (Å²) < 4.78 is 5.58. The van der Waals surface area contributed by atoms with Gasteiger partial charge in [-0.15, -0.1) is 0 Å². The second-order valence-corrected chi connectivity index (χ2v) is 3.93. The summed E-state index contributed by atoms with van der Waals surface area (Å²) >= 11 is 0. The minimum absolute atomic E-state index is 0.591. The lowest BCUT2D eigenvalue weighted by Gasteiger charge is -1.96. The molecule has 1 fully saturated rings. The summed E-state index contributed by atoms with van der Waals surface area (Å²) in [5, 5.41) is 0. The number of hydrogen-bond acceptors (Lipinski definition) is 1. The van der Waals surface area contributed by atoms with E-state index in [1.165, 1.54) is 38.5 Å². The first-order chi connectivity index (χ1) is 6.47. The molecule has 0 amide bonds. The fourth-order valence-electron chi connectivity index (χ4n) is 1.90. The molecule has 0 aromatic rings. The number of ether oxygens (including phenoxy) is 1. The topological polar surface area (TPSA) is 12.5 Å². The Morgan fingerprint density at radius 2 is 1.62 bits per heavy atom. The third-order valence-corrected chi connectivity index (χ3v) is 2.80. The van der Waals surface area contributed by atoms with Crippen molar-refractivity contribution < 1.29 is 4.74 Å². The van der Waals surface area contributed by atoms with E-state index in [1.807, 2.05) is 0 Å². The SMILES string of the molecule is C1=CCCCCC2OC2CCC=C1. The molecule has 1 heteroatoms. The summed E-state index contributed by atoms with van der Waals surface area (Å²) in [5.74, 6) is 0. The van der Waals surface area contributed by atoms with Crippen molar-refractivity contribution in [1.29, 1.82) is 0 Å². The van der Waals surface area contributed by atoms with Crippen LogP contribution in [0.25, 0.3) is 0 Å². The van der Waals surface area contributed by atoms with E-state index in [0.717, 1.165) is 0 Å². The van der Waals surface area contributed by atoms with Crippen LogP contribution in [0.5, 0.6) is 0 Å². The van der Waals surface area contributed by atoms with Gasteiger partial charge in [-0.05, 0) is 32.1 Å². The maximum absolute atomic E-state index is 5.58. The molecule has 1 aliphatic carbocycles. The molecule has 2 unspecified atom stereocenters. The van der Waals surface area contributed by atoms with Crippen molar-refractivity contribution in [3.63, 3.8) is 0 Å². The van der Waals surface area contributed by atoms with Crippen molar-refractivity contribution in [1.82, 2.24) is 0 Å². The Balaban J connectivity index is 1.80. The van der Waals surface area contributed by atoms with Crippen LogP contribution in [0.4, 0.5) is 0 Å². The molecule has 1 aliphatic heterocycles. The molecule has 13 heavy (non-hydrogen) atoms. The molecule has 0 radical (unpaired) electrons. The van der Waals surface area contributed by atoms with Crippen molar-refractivity contribution in [3.8, 4) is 0 Å². The van der Waals surface area contributed by atoms with Crippen LogP contribution in [-0.4, -0.2) is 12.2 Å². The van der Waals surface area contributed by atoms with Crippen LogP contribution in [0.2, 0.25) is 0 Å². The first-order valence-corrected chi connectivity index (χ1v) is 5.44. The van der Waals surface area contributed by atoms with Gasteiger partial charge in [0.15, 0.2) is 0 Å². The van der Waals surface area contributed by atoms with Gasteiger partial charge in [0.1, 0.15) is 0 Å². The van der Waals surface area contributed by atoms with E-state index < -0.39 is 0 Å². The van der Waals surface area contributed by atoms with Crippen LogP contribution in [0.15, 0.2) is 24.3 Å². The van der Waals surface area contributed by atoms with Gasteiger partial charge >= 0.3 is 0 Å². The van der Waals surface area contributed by atoms with E-state index in [9.17, 15) is 0 Å². The number of hydrogen-bond donors (Lipinski definition) is 0. The monoisotopic (exact) mass is 178 g/mol. The molecule has 0 spiro atoms. The van der Waals surface area contributed by atoms with Crippen molar-refractivity contribution in [2.45, 2.75) is 50.7 Å². The van der Waals surface area contributed by atoms with Crippen molar-refractivity contribution >= 4 is 0 Å². The molecule has 2 rings (SSSR count). The number of epoxide rings is 1. The predicted molar refractivity (Wildman–Crippen MR) is 54.6 cm³/mol. The average Bonchev–Trinajstić information content (AvgIpc) is 2.83. The molecule has 0 aromatic heterocycles. The smallest absolute Gasteiger partial charge is 0.0844 e. The summed E-state index contributed by atoms with van der Waals surface area (Å²) in [6.45, 7) is 0. The fourth-order valence-corrected chi connectivity index (χ4v) is 1.90. The van der Waals surface area contributed by atoms with Crippen LogP contribution >= 0.6 is 0 Å². The third-order valence-electron chi connectivity index (χ3n) is 2.80. The maximum atomic E-state index is 5.58. The van der Waals surface area contributed by atoms with Crippen LogP contribution in [0.3, 0.4) is 0 Å². The fraction of sp³-hybridized carbons (Fsp3) is 0.667. The lowest BCUT2D eigenvalue weighted by atomic mass is 10.1. The average molecular weight is 178 g/mol. The van der Waals surface area contributed by atoms with Gasteiger partial charge in [0.05, 0.1) is 12.2 Å². The second kappa shape index (κ2) is 4.61. The van der Waals surface area contributed by atoms with Crippen LogP contribution in [-0.2, 0) is 4.74 Å².